The van der Waals surface area contributed by atoms with Gasteiger partial charge in [-0.1, -0.05) is 0 Å². The predicted octanol–water partition coefficient (Wildman–Crippen LogP) is 3.45. The quantitative estimate of drug-likeness (QED) is 0.888. The van der Waals surface area contributed by atoms with Crippen LogP contribution in [-0.2, 0) is 6.54 Å². The first-order valence-electron chi connectivity index (χ1n) is 7.62. The average molecular weight is 306 g/mol. The van der Waals surface area contributed by atoms with Crippen LogP contribution in [0.15, 0.2) is 22.7 Å². The molecule has 0 aliphatic carbocycles. The number of aromatic nitrogens is 1. The van der Waals surface area contributed by atoms with Gasteiger partial charge in [0.25, 0.3) is 0 Å². The van der Waals surface area contributed by atoms with E-state index in [0.717, 1.165) is 42.5 Å². The minimum Gasteiger partial charge on any atom is -0.459 e. The smallest absolute Gasteiger partial charge is 0.162 e. The third-order valence-corrected chi connectivity index (χ3v) is 5.05. The molecule has 2 aromatic heterocycles. The first-order chi connectivity index (χ1) is 10.3. The molecule has 0 amide bonds. The second kappa shape index (κ2) is 6.73. The van der Waals surface area contributed by atoms with E-state index in [1.54, 1.807) is 11.3 Å². The Balaban J connectivity index is 1.64. The minimum atomic E-state index is 0.299. The lowest BCUT2D eigenvalue weighted by Gasteiger charge is -2.23. The molecule has 1 fully saturated rings. The monoisotopic (exact) mass is 306 g/mol. The van der Waals surface area contributed by atoms with Gasteiger partial charge >= 0.3 is 0 Å². The van der Waals surface area contributed by atoms with Crippen LogP contribution >= 0.6 is 11.3 Å². The molecule has 0 bridgehead atoms. The summed E-state index contributed by atoms with van der Waals surface area (Å²) in [6.07, 6.45) is 6.49. The van der Waals surface area contributed by atoms with E-state index in [4.69, 9.17) is 9.52 Å². The van der Waals surface area contributed by atoms with Crippen LogP contribution in [0.1, 0.15) is 36.3 Å². The Labute approximate surface area is 129 Å². The van der Waals surface area contributed by atoms with Crippen LogP contribution in [-0.4, -0.2) is 34.2 Å². The number of likely N-dealkylation sites (tertiary alicyclic amines) is 1. The first-order valence-corrected chi connectivity index (χ1v) is 8.44. The van der Waals surface area contributed by atoms with Crippen LogP contribution in [0.25, 0.3) is 10.8 Å². The summed E-state index contributed by atoms with van der Waals surface area (Å²) < 4.78 is 5.63. The number of nitrogens with zero attached hydrogens (tertiary/aromatic N) is 2. The van der Waals surface area contributed by atoms with E-state index in [1.165, 1.54) is 17.7 Å². The molecule has 1 atom stereocenters. The van der Waals surface area contributed by atoms with E-state index in [2.05, 4.69) is 9.88 Å². The number of aliphatic hydroxyl groups excluding tert-OH is 1. The molecular formula is C16H22N2O2S. The predicted molar refractivity (Wildman–Crippen MR) is 84.3 cm³/mol. The number of hydrogen-bond donors (Lipinski definition) is 1. The van der Waals surface area contributed by atoms with Crippen molar-refractivity contribution >= 4 is 11.3 Å². The van der Waals surface area contributed by atoms with Crippen molar-refractivity contribution in [2.75, 3.05) is 13.2 Å². The lowest BCUT2D eigenvalue weighted by Crippen LogP contribution is -2.28. The third-order valence-electron chi connectivity index (χ3n) is 4.06. The molecule has 2 aromatic rings. The molecule has 3 rings (SSSR count). The molecular weight excluding hydrogens is 284 g/mol. The topological polar surface area (TPSA) is 49.5 Å². The Morgan fingerprint density at radius 3 is 3.14 bits per heavy atom. The number of rotatable bonds is 6. The van der Waals surface area contributed by atoms with Gasteiger partial charge in [-0.2, -0.15) is 0 Å². The molecule has 5 heteroatoms. The van der Waals surface area contributed by atoms with Gasteiger partial charge in [0.05, 0.1) is 0 Å². The van der Waals surface area contributed by atoms with Gasteiger partial charge < -0.3 is 9.52 Å². The largest absolute Gasteiger partial charge is 0.459 e. The van der Waals surface area contributed by atoms with E-state index >= 15 is 0 Å². The fraction of sp³-hybridized carbons (Fsp3) is 0.562. The lowest BCUT2D eigenvalue weighted by molar-refractivity contribution is 0.211. The molecule has 1 N–H and O–H groups in total. The van der Waals surface area contributed by atoms with Gasteiger partial charge in [0, 0.05) is 30.3 Å². The van der Waals surface area contributed by atoms with Crippen molar-refractivity contribution in [3.8, 4) is 10.8 Å². The Morgan fingerprint density at radius 1 is 1.48 bits per heavy atom. The average Bonchev–Trinajstić information content (AvgIpc) is 3.18. The maximum atomic E-state index is 9.00. The van der Waals surface area contributed by atoms with E-state index in [9.17, 15) is 0 Å². The van der Waals surface area contributed by atoms with Crippen molar-refractivity contribution in [2.24, 2.45) is 0 Å². The molecule has 0 radical (unpaired) electrons. The van der Waals surface area contributed by atoms with Gasteiger partial charge in [-0.3, -0.25) is 4.90 Å². The molecule has 1 saturated heterocycles. The summed E-state index contributed by atoms with van der Waals surface area (Å²) in [6.45, 7) is 4.37. The molecule has 21 heavy (non-hydrogen) atoms. The van der Waals surface area contributed by atoms with E-state index in [1.807, 2.05) is 25.3 Å². The van der Waals surface area contributed by atoms with Gasteiger partial charge in [0.2, 0.25) is 0 Å². The van der Waals surface area contributed by atoms with Gasteiger partial charge in [0.1, 0.15) is 5.76 Å². The van der Waals surface area contributed by atoms with Crippen molar-refractivity contribution in [3.05, 3.63) is 29.0 Å². The number of hydrogen-bond acceptors (Lipinski definition) is 5. The van der Waals surface area contributed by atoms with Gasteiger partial charge in [-0.05, 0) is 51.3 Å². The van der Waals surface area contributed by atoms with Crippen LogP contribution in [0.2, 0.25) is 0 Å². The van der Waals surface area contributed by atoms with Crippen LogP contribution in [0.3, 0.4) is 0 Å². The van der Waals surface area contributed by atoms with Crippen molar-refractivity contribution in [3.63, 3.8) is 0 Å². The number of aryl methyl sites for hydroxylation is 1. The SMILES string of the molecule is Cc1ccc(-c2ncc(CN3CCCC3CCCO)s2)o1. The van der Waals surface area contributed by atoms with Gasteiger partial charge in [-0.15, -0.1) is 11.3 Å². The Hall–Kier alpha value is -1.17. The number of furan rings is 1. The van der Waals surface area contributed by atoms with E-state index < -0.39 is 0 Å². The molecule has 114 valence electrons. The zero-order chi connectivity index (χ0) is 14.7. The van der Waals surface area contributed by atoms with E-state index in [0.29, 0.717) is 12.6 Å². The second-order valence-corrected chi connectivity index (χ2v) is 6.79. The van der Waals surface area contributed by atoms with Crippen LogP contribution in [0.4, 0.5) is 0 Å². The molecule has 3 heterocycles. The maximum absolute atomic E-state index is 9.00. The minimum absolute atomic E-state index is 0.299. The highest BCUT2D eigenvalue weighted by Gasteiger charge is 2.24. The highest BCUT2D eigenvalue weighted by atomic mass is 32.1. The molecule has 1 aliphatic heterocycles. The Morgan fingerprint density at radius 2 is 2.38 bits per heavy atom. The van der Waals surface area contributed by atoms with Crippen LogP contribution < -0.4 is 0 Å². The Bertz CT molecular complexity index is 578. The molecule has 0 aromatic carbocycles. The second-order valence-electron chi connectivity index (χ2n) is 5.67. The van der Waals surface area contributed by atoms with Gasteiger partial charge in [0.15, 0.2) is 10.8 Å². The number of thiazole rings is 1. The highest BCUT2D eigenvalue weighted by Crippen LogP contribution is 2.30. The Kier molecular flexibility index (Phi) is 4.73. The fourth-order valence-electron chi connectivity index (χ4n) is 3.00. The van der Waals surface area contributed by atoms with Crippen molar-refractivity contribution < 1.29 is 9.52 Å². The summed E-state index contributed by atoms with van der Waals surface area (Å²) in [7, 11) is 0. The third kappa shape index (κ3) is 3.54. The zero-order valence-corrected chi connectivity index (χ0v) is 13.2. The summed E-state index contributed by atoms with van der Waals surface area (Å²) in [4.78, 5) is 8.30. The lowest BCUT2D eigenvalue weighted by atomic mass is 10.1. The highest BCUT2D eigenvalue weighted by molar-refractivity contribution is 7.14. The van der Waals surface area contributed by atoms with Crippen LogP contribution in [0.5, 0.6) is 0 Å². The summed E-state index contributed by atoms with van der Waals surface area (Å²) in [5.41, 5.74) is 0. The summed E-state index contributed by atoms with van der Waals surface area (Å²) >= 11 is 1.72. The summed E-state index contributed by atoms with van der Waals surface area (Å²) in [6, 6.07) is 4.58. The fourth-order valence-corrected chi connectivity index (χ4v) is 3.90. The van der Waals surface area contributed by atoms with Crippen LogP contribution in [0, 0.1) is 6.92 Å². The van der Waals surface area contributed by atoms with Crippen molar-refractivity contribution in [1.29, 1.82) is 0 Å². The summed E-state index contributed by atoms with van der Waals surface area (Å²) in [5.74, 6) is 1.78. The van der Waals surface area contributed by atoms with Gasteiger partial charge in [-0.25, -0.2) is 4.98 Å². The zero-order valence-electron chi connectivity index (χ0n) is 12.4. The molecule has 1 unspecified atom stereocenters. The first kappa shape index (κ1) is 14.8. The maximum Gasteiger partial charge on any atom is 0.162 e. The number of aliphatic hydroxyl groups is 1. The molecule has 1 aliphatic rings. The van der Waals surface area contributed by atoms with E-state index in [-0.39, 0.29) is 0 Å². The summed E-state index contributed by atoms with van der Waals surface area (Å²) in [5, 5.41) is 9.96. The molecule has 0 saturated carbocycles. The standard InChI is InChI=1S/C16H22N2O2S/c1-12-6-7-15(20-12)16-17-10-14(21-16)11-18-8-2-4-13(18)5-3-9-19/h6-7,10,13,19H,2-5,8-9,11H2,1H3. The van der Waals surface area contributed by atoms with Crippen molar-refractivity contribution in [2.45, 2.75) is 45.2 Å². The normalized spacial score (nSPS) is 19.4. The molecule has 0 spiro atoms. The molecule has 4 nitrogen and oxygen atoms in total. The van der Waals surface area contributed by atoms with Crippen molar-refractivity contribution in [1.82, 2.24) is 9.88 Å².